The van der Waals surface area contributed by atoms with Crippen molar-refractivity contribution >= 4 is 34.0 Å². The van der Waals surface area contributed by atoms with Crippen LogP contribution in [0.1, 0.15) is 17.7 Å². The number of aliphatic hydroxyl groups excluding tert-OH is 1. The standard InChI is InChI=1S/C19H22FN5O3S2/c1-12(29)13-4-7-17(21-11-13)22-23-18-19(26)25(9-8-24(2)3)15-6-5-14(20)10-16(15)30(18,27)28/h4-7,10-12,26,29H,8-9H2,1-3H3. The smallest absolute Gasteiger partial charge is 0.242 e. The highest BCUT2D eigenvalue weighted by molar-refractivity contribution is 7.95. The van der Waals surface area contributed by atoms with Gasteiger partial charge in [-0.15, -0.1) is 10.2 Å². The highest BCUT2D eigenvalue weighted by atomic mass is 32.2. The molecule has 2 heterocycles. The Bertz CT molecular complexity index is 1100. The van der Waals surface area contributed by atoms with E-state index in [1.165, 1.54) is 11.0 Å². The summed E-state index contributed by atoms with van der Waals surface area (Å²) in [4.78, 5) is 7.08. The Kier molecular flexibility index (Phi) is 6.44. The second kappa shape index (κ2) is 8.70. The molecule has 30 heavy (non-hydrogen) atoms. The van der Waals surface area contributed by atoms with Crippen LogP contribution < -0.4 is 4.90 Å². The number of nitrogens with zero attached hydrogens (tertiary/aromatic N) is 5. The molecule has 0 saturated heterocycles. The summed E-state index contributed by atoms with van der Waals surface area (Å²) in [5.41, 5.74) is 1.05. The quantitative estimate of drug-likeness (QED) is 0.512. The van der Waals surface area contributed by atoms with Crippen LogP contribution in [0.4, 0.5) is 15.9 Å². The van der Waals surface area contributed by atoms with E-state index < -0.39 is 26.6 Å². The van der Waals surface area contributed by atoms with Gasteiger partial charge >= 0.3 is 0 Å². The van der Waals surface area contributed by atoms with Crippen LogP contribution >= 0.6 is 12.6 Å². The Hall–Kier alpha value is -2.50. The lowest BCUT2D eigenvalue weighted by molar-refractivity contribution is 0.361. The Morgan fingerprint density at radius 1 is 1.27 bits per heavy atom. The molecule has 1 atom stereocenters. The van der Waals surface area contributed by atoms with Gasteiger partial charge in [0.1, 0.15) is 10.7 Å². The number of sulfone groups is 1. The highest BCUT2D eigenvalue weighted by Crippen LogP contribution is 2.39. The molecule has 1 aromatic carbocycles. The zero-order valence-electron chi connectivity index (χ0n) is 16.7. The van der Waals surface area contributed by atoms with Crippen LogP contribution in [0, 0.1) is 5.82 Å². The number of aliphatic hydroxyl groups is 1. The normalized spacial score (nSPS) is 16.9. The van der Waals surface area contributed by atoms with Crippen LogP contribution in [-0.4, -0.2) is 50.6 Å². The fraction of sp³-hybridized carbons (Fsp3) is 0.316. The van der Waals surface area contributed by atoms with E-state index in [0.29, 0.717) is 6.54 Å². The summed E-state index contributed by atoms with van der Waals surface area (Å²) < 4.78 is 39.8. The highest BCUT2D eigenvalue weighted by Gasteiger charge is 2.38. The maximum absolute atomic E-state index is 13.8. The third-order valence-electron chi connectivity index (χ3n) is 4.47. The lowest BCUT2D eigenvalue weighted by Gasteiger charge is -2.31. The van der Waals surface area contributed by atoms with Crippen LogP contribution in [0.2, 0.25) is 0 Å². The predicted octanol–water partition coefficient (Wildman–Crippen LogP) is 3.84. The van der Waals surface area contributed by atoms with Crippen LogP contribution in [0.25, 0.3) is 0 Å². The molecule has 0 fully saturated rings. The Morgan fingerprint density at radius 3 is 2.60 bits per heavy atom. The van der Waals surface area contributed by atoms with Crippen molar-refractivity contribution in [3.63, 3.8) is 0 Å². The SMILES string of the molecule is CC(S)c1ccc(N=NC2=C(O)N(CCN(C)C)c3ccc(F)cc3S2(=O)=O)nc1. The molecule has 8 nitrogen and oxygen atoms in total. The van der Waals surface area contributed by atoms with Gasteiger partial charge in [0, 0.05) is 24.5 Å². The summed E-state index contributed by atoms with van der Waals surface area (Å²) in [6.45, 7) is 2.66. The zero-order valence-corrected chi connectivity index (χ0v) is 18.4. The fourth-order valence-electron chi connectivity index (χ4n) is 2.81. The average molecular weight is 452 g/mol. The number of hydrogen-bond acceptors (Lipinski definition) is 9. The van der Waals surface area contributed by atoms with Crippen LogP contribution in [-0.2, 0) is 9.84 Å². The molecule has 3 rings (SSSR count). The van der Waals surface area contributed by atoms with Gasteiger partial charge < -0.3 is 14.9 Å². The van der Waals surface area contributed by atoms with Gasteiger partial charge in [0.05, 0.1) is 5.69 Å². The van der Waals surface area contributed by atoms with Crippen molar-refractivity contribution in [3.8, 4) is 0 Å². The third-order valence-corrected chi connectivity index (χ3v) is 6.45. The van der Waals surface area contributed by atoms with E-state index in [0.717, 1.165) is 17.7 Å². The Morgan fingerprint density at radius 2 is 2.00 bits per heavy atom. The maximum Gasteiger partial charge on any atom is 0.242 e. The number of azo groups is 1. The number of fused-ring (bicyclic) bond motifs is 1. The number of benzene rings is 1. The van der Waals surface area contributed by atoms with Crippen molar-refractivity contribution in [2.24, 2.45) is 10.2 Å². The van der Waals surface area contributed by atoms with Gasteiger partial charge in [-0.05, 0) is 50.8 Å². The summed E-state index contributed by atoms with van der Waals surface area (Å²) in [6, 6.07) is 6.69. The number of rotatable bonds is 6. The van der Waals surface area contributed by atoms with Gasteiger partial charge in [-0.2, -0.15) is 12.6 Å². The largest absolute Gasteiger partial charge is 0.492 e. The number of aromatic nitrogens is 1. The van der Waals surface area contributed by atoms with Crippen LogP contribution in [0.15, 0.2) is 62.6 Å². The second-order valence-electron chi connectivity index (χ2n) is 7.02. The van der Waals surface area contributed by atoms with Crippen LogP contribution in [0.5, 0.6) is 0 Å². The van der Waals surface area contributed by atoms with E-state index >= 15 is 0 Å². The molecule has 1 aliphatic heterocycles. The van der Waals surface area contributed by atoms with Gasteiger partial charge in [0.25, 0.3) is 0 Å². The van der Waals surface area contributed by atoms with Crippen molar-refractivity contribution in [2.75, 3.05) is 32.1 Å². The zero-order chi connectivity index (χ0) is 22.1. The molecule has 1 aromatic heterocycles. The van der Waals surface area contributed by atoms with Gasteiger partial charge in [-0.1, -0.05) is 6.07 Å². The third kappa shape index (κ3) is 4.47. The monoisotopic (exact) mass is 451 g/mol. The van der Waals surface area contributed by atoms with Gasteiger partial charge in [-0.25, -0.2) is 17.8 Å². The molecule has 0 radical (unpaired) electrons. The van der Waals surface area contributed by atoms with Crippen molar-refractivity contribution in [2.45, 2.75) is 17.1 Å². The molecular formula is C19H22FN5O3S2. The summed E-state index contributed by atoms with van der Waals surface area (Å²) in [7, 11) is -0.600. The molecule has 2 aromatic rings. The first-order valence-corrected chi connectivity index (χ1v) is 11.1. The number of likely N-dealkylation sites (N-methyl/N-ethyl adjacent to an activating group) is 1. The van der Waals surface area contributed by atoms with Crippen molar-refractivity contribution in [3.05, 3.63) is 58.8 Å². The number of anilines is 1. The molecule has 0 spiro atoms. The molecular weight excluding hydrogens is 429 g/mol. The van der Waals surface area contributed by atoms with Crippen molar-refractivity contribution in [1.29, 1.82) is 0 Å². The molecule has 1 unspecified atom stereocenters. The van der Waals surface area contributed by atoms with Crippen LogP contribution in [0.3, 0.4) is 0 Å². The lowest BCUT2D eigenvalue weighted by atomic mass is 10.2. The molecule has 0 saturated carbocycles. The first kappa shape index (κ1) is 22.2. The van der Waals surface area contributed by atoms with E-state index in [1.54, 1.807) is 18.3 Å². The fourth-order valence-corrected chi connectivity index (χ4v) is 4.39. The minimum Gasteiger partial charge on any atom is -0.492 e. The second-order valence-corrected chi connectivity index (χ2v) is 9.63. The van der Waals surface area contributed by atoms with Gasteiger partial charge in [0.15, 0.2) is 5.82 Å². The van der Waals surface area contributed by atoms with Gasteiger partial charge in [-0.3, -0.25) is 0 Å². The van der Waals surface area contributed by atoms with E-state index in [-0.39, 0.29) is 28.2 Å². The minimum absolute atomic E-state index is 0.0226. The minimum atomic E-state index is -4.28. The lowest BCUT2D eigenvalue weighted by Crippen LogP contribution is -2.36. The molecule has 1 N–H and O–H groups in total. The topological polar surface area (TPSA) is 98.5 Å². The van der Waals surface area contributed by atoms with E-state index in [1.807, 2.05) is 25.9 Å². The molecule has 11 heteroatoms. The number of pyridine rings is 1. The van der Waals surface area contributed by atoms with Crippen molar-refractivity contribution in [1.82, 2.24) is 9.88 Å². The molecule has 1 aliphatic rings. The number of hydrogen-bond donors (Lipinski definition) is 2. The van der Waals surface area contributed by atoms with E-state index in [9.17, 15) is 17.9 Å². The van der Waals surface area contributed by atoms with Gasteiger partial charge in [0.2, 0.25) is 20.7 Å². The van der Waals surface area contributed by atoms with E-state index in [4.69, 9.17) is 0 Å². The Balaban J connectivity index is 2.05. The summed E-state index contributed by atoms with van der Waals surface area (Å²) in [5, 5.41) is 17.7. The maximum atomic E-state index is 13.8. The molecule has 0 amide bonds. The number of thiol groups is 1. The summed E-state index contributed by atoms with van der Waals surface area (Å²) in [6.07, 6.45) is 1.56. The summed E-state index contributed by atoms with van der Waals surface area (Å²) >= 11 is 4.32. The Labute approximate surface area is 180 Å². The first-order valence-electron chi connectivity index (χ1n) is 9.07. The first-order chi connectivity index (χ1) is 14.1. The molecule has 160 valence electrons. The summed E-state index contributed by atoms with van der Waals surface area (Å²) in [5.74, 6) is -1.12. The van der Waals surface area contributed by atoms with E-state index in [2.05, 4.69) is 27.8 Å². The molecule has 0 bridgehead atoms. The predicted molar refractivity (Wildman–Crippen MR) is 115 cm³/mol. The average Bonchev–Trinajstić information content (AvgIpc) is 2.68. The molecule has 0 aliphatic carbocycles. The van der Waals surface area contributed by atoms with Crippen molar-refractivity contribution < 1.29 is 17.9 Å². The number of halogens is 1.